The number of nitrogens with two attached hydrogens (primary N) is 1. The Hall–Kier alpha value is -1.84. The first-order valence-electron chi connectivity index (χ1n) is 6.17. The van der Waals surface area contributed by atoms with Gasteiger partial charge in [0.2, 0.25) is 0 Å². The van der Waals surface area contributed by atoms with Crippen LogP contribution in [0.2, 0.25) is 0 Å². The second kappa shape index (κ2) is 4.12. The third-order valence-corrected chi connectivity index (χ3v) is 3.95. The van der Waals surface area contributed by atoms with Gasteiger partial charge in [0.05, 0.1) is 5.56 Å². The summed E-state index contributed by atoms with van der Waals surface area (Å²) >= 11 is 0. The van der Waals surface area contributed by atoms with Gasteiger partial charge < -0.3 is 11.1 Å². The Morgan fingerprint density at radius 1 is 1.44 bits per heavy atom. The molecule has 0 radical (unpaired) electrons. The predicted octanol–water partition coefficient (Wildman–Crippen LogP) is 2.30. The van der Waals surface area contributed by atoms with Gasteiger partial charge in [-0.15, -0.1) is 0 Å². The molecular weight excluding hydrogens is 231 g/mol. The van der Waals surface area contributed by atoms with Gasteiger partial charge in [-0.1, -0.05) is 12.2 Å². The number of benzene rings is 1. The molecule has 2 aliphatic carbocycles. The van der Waals surface area contributed by atoms with Crippen molar-refractivity contribution in [1.29, 1.82) is 0 Å². The Balaban J connectivity index is 1.75. The van der Waals surface area contributed by atoms with Gasteiger partial charge >= 0.3 is 0 Å². The van der Waals surface area contributed by atoms with Crippen LogP contribution in [0.4, 0.5) is 10.1 Å². The van der Waals surface area contributed by atoms with Crippen molar-refractivity contribution in [3.8, 4) is 0 Å². The molecule has 3 rings (SSSR count). The van der Waals surface area contributed by atoms with Crippen molar-refractivity contribution >= 4 is 11.6 Å². The number of hydrogen-bond donors (Lipinski definition) is 2. The van der Waals surface area contributed by atoms with Crippen molar-refractivity contribution in [3.63, 3.8) is 0 Å². The number of hydrogen-bond acceptors (Lipinski definition) is 2. The number of amides is 1. The molecule has 0 aromatic heterocycles. The van der Waals surface area contributed by atoms with Crippen molar-refractivity contribution in [2.24, 2.45) is 17.6 Å². The highest BCUT2D eigenvalue weighted by atomic mass is 19.1. The Labute approximate surface area is 105 Å². The molecule has 1 fully saturated rings. The summed E-state index contributed by atoms with van der Waals surface area (Å²) in [6.07, 6.45) is 6.75. The largest absolute Gasteiger partial charge is 0.382 e. The number of allylic oxidation sites excluding steroid dienone is 1. The number of carbonyl (C=O) groups excluding carboxylic acids is 1. The van der Waals surface area contributed by atoms with E-state index in [2.05, 4.69) is 17.5 Å². The lowest BCUT2D eigenvalue weighted by Gasteiger charge is -2.41. The molecule has 0 bridgehead atoms. The summed E-state index contributed by atoms with van der Waals surface area (Å²) in [6.45, 7) is 0. The molecule has 3 atom stereocenters. The number of rotatable bonds is 3. The molecule has 94 valence electrons. The molecule has 1 aromatic carbocycles. The number of anilines is 1. The standard InChI is InChI=1S/C14H15FN2O/c15-12-5-4-9(7-11(12)14(16)18)17-13-6-8-2-1-3-10(8)13/h1,3-5,7-8,10,13,17H,2,6H2,(H2,16,18). The minimum absolute atomic E-state index is 0.0576. The molecule has 2 aliphatic rings. The Morgan fingerprint density at radius 2 is 2.28 bits per heavy atom. The van der Waals surface area contributed by atoms with Crippen LogP contribution in [0.5, 0.6) is 0 Å². The van der Waals surface area contributed by atoms with Crippen molar-refractivity contribution in [1.82, 2.24) is 0 Å². The highest BCUT2D eigenvalue weighted by molar-refractivity contribution is 5.94. The van der Waals surface area contributed by atoms with Gasteiger partial charge in [-0.3, -0.25) is 4.79 Å². The first-order valence-corrected chi connectivity index (χ1v) is 6.17. The van der Waals surface area contributed by atoms with Crippen molar-refractivity contribution in [3.05, 3.63) is 41.7 Å². The normalized spacial score (nSPS) is 28.6. The molecule has 3 nitrogen and oxygen atoms in total. The number of carbonyl (C=O) groups is 1. The zero-order valence-corrected chi connectivity index (χ0v) is 9.90. The maximum Gasteiger partial charge on any atom is 0.251 e. The van der Waals surface area contributed by atoms with E-state index < -0.39 is 11.7 Å². The van der Waals surface area contributed by atoms with E-state index in [1.54, 1.807) is 6.07 Å². The maximum absolute atomic E-state index is 13.3. The fourth-order valence-corrected chi connectivity index (χ4v) is 2.90. The summed E-state index contributed by atoms with van der Waals surface area (Å²) in [4.78, 5) is 11.1. The Bertz CT molecular complexity index is 527. The van der Waals surface area contributed by atoms with Crippen LogP contribution in [0.15, 0.2) is 30.4 Å². The Kier molecular flexibility index (Phi) is 2.58. The van der Waals surface area contributed by atoms with Crippen molar-refractivity contribution < 1.29 is 9.18 Å². The summed E-state index contributed by atoms with van der Waals surface area (Å²) in [7, 11) is 0. The summed E-state index contributed by atoms with van der Waals surface area (Å²) in [6, 6.07) is 4.81. The van der Waals surface area contributed by atoms with Gasteiger partial charge in [0, 0.05) is 17.6 Å². The van der Waals surface area contributed by atoms with E-state index in [0.717, 1.165) is 18.0 Å². The van der Waals surface area contributed by atoms with Crippen LogP contribution in [0, 0.1) is 17.7 Å². The van der Waals surface area contributed by atoms with Gasteiger partial charge in [0.1, 0.15) is 5.82 Å². The topological polar surface area (TPSA) is 55.1 Å². The van der Waals surface area contributed by atoms with E-state index in [1.165, 1.54) is 18.6 Å². The highest BCUT2D eigenvalue weighted by Crippen LogP contribution is 2.44. The van der Waals surface area contributed by atoms with E-state index in [9.17, 15) is 9.18 Å². The van der Waals surface area contributed by atoms with E-state index in [0.29, 0.717) is 12.0 Å². The van der Waals surface area contributed by atoms with E-state index >= 15 is 0 Å². The second-order valence-electron chi connectivity index (χ2n) is 5.05. The van der Waals surface area contributed by atoms with Gasteiger partial charge in [0.25, 0.3) is 5.91 Å². The molecule has 0 spiro atoms. The molecule has 3 N–H and O–H groups in total. The molecule has 18 heavy (non-hydrogen) atoms. The van der Waals surface area contributed by atoms with Crippen molar-refractivity contribution in [2.45, 2.75) is 18.9 Å². The second-order valence-corrected chi connectivity index (χ2v) is 5.05. The average Bonchev–Trinajstić information content (AvgIpc) is 2.69. The van der Waals surface area contributed by atoms with Crippen LogP contribution < -0.4 is 11.1 Å². The fourth-order valence-electron chi connectivity index (χ4n) is 2.90. The number of fused-ring (bicyclic) bond motifs is 1. The van der Waals surface area contributed by atoms with Crippen LogP contribution in [0.3, 0.4) is 0 Å². The quantitative estimate of drug-likeness (QED) is 0.804. The lowest BCUT2D eigenvalue weighted by molar-refractivity contribution is 0.0996. The predicted molar refractivity (Wildman–Crippen MR) is 67.7 cm³/mol. The SMILES string of the molecule is NC(=O)c1cc(NC2CC3CC=CC32)ccc1F. The highest BCUT2D eigenvalue weighted by Gasteiger charge is 2.40. The van der Waals surface area contributed by atoms with Gasteiger partial charge in [0.15, 0.2) is 0 Å². The lowest BCUT2D eigenvalue weighted by atomic mass is 9.71. The van der Waals surface area contributed by atoms with Crippen LogP contribution in [0.25, 0.3) is 0 Å². The van der Waals surface area contributed by atoms with Crippen molar-refractivity contribution in [2.75, 3.05) is 5.32 Å². The molecule has 3 unspecified atom stereocenters. The van der Waals surface area contributed by atoms with Gasteiger partial charge in [-0.2, -0.15) is 0 Å². The third kappa shape index (κ3) is 1.78. The zero-order valence-electron chi connectivity index (χ0n) is 9.90. The average molecular weight is 246 g/mol. The van der Waals surface area contributed by atoms with Gasteiger partial charge in [-0.05, 0) is 37.0 Å². The van der Waals surface area contributed by atoms with E-state index in [1.807, 2.05) is 0 Å². The molecule has 4 heteroatoms. The summed E-state index contributed by atoms with van der Waals surface area (Å²) in [5.74, 6) is 0.0364. The molecule has 0 aliphatic heterocycles. The minimum atomic E-state index is -0.733. The van der Waals surface area contributed by atoms with Crippen LogP contribution in [0.1, 0.15) is 23.2 Å². The number of nitrogens with one attached hydrogen (secondary N) is 1. The summed E-state index contributed by atoms with van der Waals surface area (Å²) in [5.41, 5.74) is 5.83. The molecule has 0 heterocycles. The fraction of sp³-hybridized carbons (Fsp3) is 0.357. The lowest BCUT2D eigenvalue weighted by Crippen LogP contribution is -2.43. The minimum Gasteiger partial charge on any atom is -0.382 e. The van der Waals surface area contributed by atoms with Gasteiger partial charge in [-0.25, -0.2) is 4.39 Å². The molecular formula is C14H15FN2O. The number of primary amides is 1. The maximum atomic E-state index is 13.3. The first-order chi connectivity index (χ1) is 8.65. The molecule has 0 saturated heterocycles. The van der Waals surface area contributed by atoms with Crippen LogP contribution in [-0.4, -0.2) is 11.9 Å². The monoisotopic (exact) mass is 246 g/mol. The van der Waals surface area contributed by atoms with E-state index in [4.69, 9.17) is 5.73 Å². The molecule has 1 amide bonds. The van der Waals surface area contributed by atoms with E-state index in [-0.39, 0.29) is 5.56 Å². The van der Waals surface area contributed by atoms with Crippen LogP contribution >= 0.6 is 0 Å². The zero-order chi connectivity index (χ0) is 12.7. The summed E-state index contributed by atoms with van der Waals surface area (Å²) in [5, 5.41) is 3.35. The van der Waals surface area contributed by atoms with Crippen LogP contribution in [-0.2, 0) is 0 Å². The molecule has 1 aromatic rings. The third-order valence-electron chi connectivity index (χ3n) is 3.95. The molecule has 1 saturated carbocycles. The first kappa shape index (κ1) is 11.3. The number of halogens is 1. The smallest absolute Gasteiger partial charge is 0.251 e. The summed E-state index contributed by atoms with van der Waals surface area (Å²) < 4.78 is 13.3. The Morgan fingerprint density at radius 3 is 3.00 bits per heavy atom.